The number of hydrogen-bond acceptors (Lipinski definition) is 4. The Kier molecular flexibility index (Phi) is 3.89. The van der Waals surface area contributed by atoms with E-state index in [0.717, 1.165) is 30.6 Å². The van der Waals surface area contributed by atoms with Gasteiger partial charge in [-0.2, -0.15) is 0 Å². The Morgan fingerprint density at radius 1 is 1.32 bits per heavy atom. The monoisotopic (exact) mass is 263 g/mol. The maximum Gasteiger partial charge on any atom is 0.161 e. The standard InChI is InChI=1S/C15H21NO3/c1-17-10-13(11-6-7-11)16-8-12-9-18-14-4-2-3-5-15(14)19-12/h2-5,11-13,16H,6-10H2,1H3. The third-order valence-corrected chi connectivity index (χ3v) is 3.71. The van der Waals surface area contributed by atoms with Gasteiger partial charge >= 0.3 is 0 Å². The zero-order valence-electron chi connectivity index (χ0n) is 11.3. The van der Waals surface area contributed by atoms with E-state index < -0.39 is 0 Å². The van der Waals surface area contributed by atoms with Gasteiger partial charge in [-0.25, -0.2) is 0 Å². The lowest BCUT2D eigenvalue weighted by molar-refractivity contribution is 0.0811. The molecule has 3 rings (SSSR count). The lowest BCUT2D eigenvalue weighted by atomic mass is 10.2. The number of nitrogens with one attached hydrogen (secondary N) is 1. The molecule has 0 aromatic heterocycles. The molecular formula is C15H21NO3. The van der Waals surface area contributed by atoms with Gasteiger partial charge in [0.1, 0.15) is 12.7 Å². The Morgan fingerprint density at radius 2 is 2.11 bits per heavy atom. The molecule has 1 saturated carbocycles. The van der Waals surface area contributed by atoms with Crippen molar-refractivity contribution < 1.29 is 14.2 Å². The quantitative estimate of drug-likeness (QED) is 0.850. The topological polar surface area (TPSA) is 39.7 Å². The van der Waals surface area contributed by atoms with Crippen molar-refractivity contribution in [3.05, 3.63) is 24.3 Å². The van der Waals surface area contributed by atoms with Crippen LogP contribution in [0.5, 0.6) is 11.5 Å². The molecule has 0 radical (unpaired) electrons. The van der Waals surface area contributed by atoms with Crippen LogP contribution in [0.2, 0.25) is 0 Å². The smallest absolute Gasteiger partial charge is 0.161 e. The van der Waals surface area contributed by atoms with Gasteiger partial charge in [-0.3, -0.25) is 0 Å². The normalized spacial score (nSPS) is 23.1. The van der Waals surface area contributed by atoms with Gasteiger partial charge in [0.05, 0.1) is 6.61 Å². The van der Waals surface area contributed by atoms with Gasteiger partial charge in [0.2, 0.25) is 0 Å². The summed E-state index contributed by atoms with van der Waals surface area (Å²) in [5, 5.41) is 3.55. The molecule has 1 aromatic rings. The minimum absolute atomic E-state index is 0.0769. The molecule has 1 fully saturated rings. The second-order valence-corrected chi connectivity index (χ2v) is 5.31. The van der Waals surface area contributed by atoms with Crippen molar-refractivity contribution in [3.8, 4) is 11.5 Å². The summed E-state index contributed by atoms with van der Waals surface area (Å²) in [6.45, 7) is 2.18. The van der Waals surface area contributed by atoms with E-state index in [2.05, 4.69) is 5.32 Å². The van der Waals surface area contributed by atoms with Gasteiger partial charge < -0.3 is 19.5 Å². The van der Waals surface area contributed by atoms with Gasteiger partial charge in [-0.15, -0.1) is 0 Å². The van der Waals surface area contributed by atoms with Crippen molar-refractivity contribution in [3.63, 3.8) is 0 Å². The highest BCUT2D eigenvalue weighted by Gasteiger charge is 2.32. The molecule has 1 aliphatic heterocycles. The van der Waals surface area contributed by atoms with E-state index in [1.807, 2.05) is 24.3 Å². The van der Waals surface area contributed by atoms with Gasteiger partial charge in [0, 0.05) is 19.7 Å². The Balaban J connectivity index is 1.51. The fourth-order valence-corrected chi connectivity index (χ4v) is 2.49. The van der Waals surface area contributed by atoms with Crippen molar-refractivity contribution in [2.45, 2.75) is 25.0 Å². The summed E-state index contributed by atoms with van der Waals surface area (Å²) in [5.41, 5.74) is 0. The first-order valence-corrected chi connectivity index (χ1v) is 6.97. The predicted molar refractivity (Wildman–Crippen MR) is 72.7 cm³/mol. The molecule has 19 heavy (non-hydrogen) atoms. The number of ether oxygens (including phenoxy) is 3. The Bertz CT molecular complexity index is 420. The SMILES string of the molecule is COCC(NCC1COc2ccccc2O1)C1CC1. The lowest BCUT2D eigenvalue weighted by Crippen LogP contribution is -2.44. The van der Waals surface area contributed by atoms with Crippen molar-refractivity contribution in [2.75, 3.05) is 26.9 Å². The molecule has 0 spiro atoms. The van der Waals surface area contributed by atoms with Crippen molar-refractivity contribution in [1.82, 2.24) is 5.32 Å². The van der Waals surface area contributed by atoms with Crippen LogP contribution < -0.4 is 14.8 Å². The number of rotatable bonds is 6. The second-order valence-electron chi connectivity index (χ2n) is 5.31. The summed E-state index contributed by atoms with van der Waals surface area (Å²) in [6, 6.07) is 8.27. The van der Waals surface area contributed by atoms with E-state index in [0.29, 0.717) is 12.6 Å². The number of benzene rings is 1. The molecule has 1 heterocycles. The summed E-state index contributed by atoms with van der Waals surface area (Å²) in [4.78, 5) is 0. The third-order valence-electron chi connectivity index (χ3n) is 3.71. The molecule has 4 heteroatoms. The fraction of sp³-hybridized carbons (Fsp3) is 0.600. The molecule has 2 unspecified atom stereocenters. The maximum absolute atomic E-state index is 5.93. The van der Waals surface area contributed by atoms with E-state index in [-0.39, 0.29) is 6.10 Å². The highest BCUT2D eigenvalue weighted by molar-refractivity contribution is 5.40. The van der Waals surface area contributed by atoms with E-state index in [9.17, 15) is 0 Å². The molecule has 104 valence electrons. The van der Waals surface area contributed by atoms with Crippen LogP contribution in [0.3, 0.4) is 0 Å². The van der Waals surface area contributed by atoms with Crippen LogP contribution in [-0.4, -0.2) is 39.0 Å². The first-order chi connectivity index (χ1) is 9.36. The average Bonchev–Trinajstić information content (AvgIpc) is 3.28. The fourth-order valence-electron chi connectivity index (χ4n) is 2.49. The number of fused-ring (bicyclic) bond motifs is 1. The molecule has 1 aliphatic carbocycles. The molecule has 0 bridgehead atoms. The van der Waals surface area contributed by atoms with E-state index >= 15 is 0 Å². The average molecular weight is 263 g/mol. The van der Waals surface area contributed by atoms with Crippen LogP contribution in [0, 0.1) is 5.92 Å². The number of methoxy groups -OCH3 is 1. The lowest BCUT2D eigenvalue weighted by Gasteiger charge is -2.28. The van der Waals surface area contributed by atoms with Crippen LogP contribution in [0.15, 0.2) is 24.3 Å². The molecular weight excluding hydrogens is 242 g/mol. The number of para-hydroxylation sites is 2. The van der Waals surface area contributed by atoms with Crippen LogP contribution in [0.4, 0.5) is 0 Å². The number of hydrogen-bond donors (Lipinski definition) is 1. The van der Waals surface area contributed by atoms with Gasteiger partial charge in [0.15, 0.2) is 11.5 Å². The maximum atomic E-state index is 5.93. The largest absolute Gasteiger partial charge is 0.486 e. The molecule has 4 nitrogen and oxygen atoms in total. The van der Waals surface area contributed by atoms with Crippen LogP contribution in [0.25, 0.3) is 0 Å². The second kappa shape index (κ2) is 5.80. The van der Waals surface area contributed by atoms with Crippen LogP contribution >= 0.6 is 0 Å². The zero-order valence-corrected chi connectivity index (χ0v) is 11.3. The Hall–Kier alpha value is -1.26. The molecule has 1 N–H and O–H groups in total. The molecule has 2 aliphatic rings. The highest BCUT2D eigenvalue weighted by atomic mass is 16.6. The van der Waals surface area contributed by atoms with E-state index in [4.69, 9.17) is 14.2 Å². The van der Waals surface area contributed by atoms with Crippen molar-refractivity contribution in [1.29, 1.82) is 0 Å². The van der Waals surface area contributed by atoms with Crippen LogP contribution in [-0.2, 0) is 4.74 Å². The van der Waals surface area contributed by atoms with E-state index in [1.165, 1.54) is 12.8 Å². The highest BCUT2D eigenvalue weighted by Crippen LogP contribution is 2.33. The Labute approximate surface area is 114 Å². The van der Waals surface area contributed by atoms with Crippen LogP contribution in [0.1, 0.15) is 12.8 Å². The molecule has 0 amide bonds. The molecule has 2 atom stereocenters. The summed E-state index contributed by atoms with van der Waals surface area (Å²) in [7, 11) is 1.76. The van der Waals surface area contributed by atoms with Crippen molar-refractivity contribution in [2.24, 2.45) is 5.92 Å². The third kappa shape index (κ3) is 3.19. The summed E-state index contributed by atoms with van der Waals surface area (Å²) in [6.07, 6.45) is 2.70. The van der Waals surface area contributed by atoms with Crippen molar-refractivity contribution >= 4 is 0 Å². The van der Waals surface area contributed by atoms with Gasteiger partial charge in [-0.05, 0) is 30.9 Å². The first kappa shape index (κ1) is 12.8. The molecule has 1 aromatic carbocycles. The first-order valence-electron chi connectivity index (χ1n) is 6.97. The minimum atomic E-state index is 0.0769. The summed E-state index contributed by atoms with van der Waals surface area (Å²) < 4.78 is 16.9. The summed E-state index contributed by atoms with van der Waals surface area (Å²) >= 11 is 0. The minimum Gasteiger partial charge on any atom is -0.486 e. The zero-order chi connectivity index (χ0) is 13.1. The predicted octanol–water partition coefficient (Wildman–Crippen LogP) is 1.84. The van der Waals surface area contributed by atoms with Gasteiger partial charge in [0.25, 0.3) is 0 Å². The summed E-state index contributed by atoms with van der Waals surface area (Å²) in [5.74, 6) is 2.46. The molecule has 0 saturated heterocycles. The van der Waals surface area contributed by atoms with Gasteiger partial charge in [-0.1, -0.05) is 12.1 Å². The Morgan fingerprint density at radius 3 is 2.84 bits per heavy atom. The van der Waals surface area contributed by atoms with E-state index in [1.54, 1.807) is 7.11 Å².